The van der Waals surface area contributed by atoms with Gasteiger partial charge in [0.05, 0.1) is 5.69 Å². The Bertz CT molecular complexity index is 887. The van der Waals surface area contributed by atoms with E-state index in [0.717, 1.165) is 31.9 Å². The number of amides is 2. The molecule has 0 saturated carbocycles. The molecule has 0 bridgehead atoms. The Labute approximate surface area is 169 Å². The van der Waals surface area contributed by atoms with Gasteiger partial charge in [-0.3, -0.25) is 0 Å². The van der Waals surface area contributed by atoms with Gasteiger partial charge >= 0.3 is 6.03 Å². The molecular weight excluding hydrogens is 366 g/mol. The van der Waals surface area contributed by atoms with Crippen LogP contribution >= 0.6 is 0 Å². The second-order valence-electron chi connectivity index (χ2n) is 6.88. The normalized spacial score (nSPS) is 14.4. The van der Waals surface area contributed by atoms with Gasteiger partial charge in [0.2, 0.25) is 5.95 Å². The standard InChI is InChI=1S/C21H23N7O/c1-26-11-13-27(14-12-26)18-9-7-17(8-10-18)25-21(29)28(19-5-3-2-4-6-19)20-23-15-22-16-24-20/h2-10,15-16H,11-14H2,1H3,(H,25,29). The molecule has 1 aliphatic rings. The van der Waals surface area contributed by atoms with E-state index in [2.05, 4.69) is 37.1 Å². The number of likely N-dealkylation sites (N-methyl/N-ethyl adjacent to an activating group) is 1. The summed E-state index contributed by atoms with van der Waals surface area (Å²) in [6.07, 6.45) is 2.74. The SMILES string of the molecule is CN1CCN(c2ccc(NC(=O)N(c3ccccc3)c3ncncn3)cc2)CC1. The number of nitrogens with zero attached hydrogens (tertiary/aromatic N) is 6. The average molecular weight is 389 g/mol. The van der Waals surface area contributed by atoms with Gasteiger partial charge < -0.3 is 15.1 Å². The maximum Gasteiger partial charge on any atom is 0.333 e. The molecule has 29 heavy (non-hydrogen) atoms. The first-order valence-electron chi connectivity index (χ1n) is 9.52. The molecule has 2 heterocycles. The van der Waals surface area contributed by atoms with Crippen molar-refractivity contribution in [3.05, 3.63) is 67.3 Å². The molecule has 0 unspecified atom stereocenters. The number of rotatable bonds is 4. The number of piperazine rings is 1. The van der Waals surface area contributed by atoms with Crippen LogP contribution in [0, 0.1) is 0 Å². The summed E-state index contributed by atoms with van der Waals surface area (Å²) < 4.78 is 0. The molecule has 1 saturated heterocycles. The first kappa shape index (κ1) is 18.8. The summed E-state index contributed by atoms with van der Waals surface area (Å²) in [5.74, 6) is 0.262. The number of hydrogen-bond acceptors (Lipinski definition) is 6. The predicted octanol–water partition coefficient (Wildman–Crippen LogP) is 2.99. The van der Waals surface area contributed by atoms with E-state index in [9.17, 15) is 4.79 Å². The van der Waals surface area contributed by atoms with Gasteiger partial charge in [-0.2, -0.15) is 0 Å². The molecule has 2 aromatic carbocycles. The van der Waals surface area contributed by atoms with Crippen LogP contribution in [0.15, 0.2) is 67.3 Å². The fourth-order valence-electron chi connectivity index (χ4n) is 3.25. The molecule has 8 heteroatoms. The minimum absolute atomic E-state index is 0.262. The van der Waals surface area contributed by atoms with Crippen molar-refractivity contribution in [3.63, 3.8) is 0 Å². The molecule has 1 fully saturated rings. The molecule has 3 aromatic rings. The second kappa shape index (κ2) is 8.66. The largest absolute Gasteiger partial charge is 0.369 e. The zero-order chi connectivity index (χ0) is 20.1. The number of anilines is 4. The number of para-hydroxylation sites is 1. The summed E-state index contributed by atoms with van der Waals surface area (Å²) in [6, 6.07) is 16.9. The molecule has 0 spiro atoms. The van der Waals surface area contributed by atoms with Gasteiger partial charge in [-0.1, -0.05) is 18.2 Å². The average Bonchev–Trinajstić information content (AvgIpc) is 2.77. The van der Waals surface area contributed by atoms with Crippen molar-refractivity contribution < 1.29 is 4.79 Å². The highest BCUT2D eigenvalue weighted by Gasteiger charge is 2.21. The van der Waals surface area contributed by atoms with Crippen molar-refractivity contribution in [3.8, 4) is 0 Å². The van der Waals surface area contributed by atoms with E-state index >= 15 is 0 Å². The van der Waals surface area contributed by atoms with Crippen molar-refractivity contribution in [2.75, 3.05) is 48.3 Å². The molecule has 8 nitrogen and oxygen atoms in total. The van der Waals surface area contributed by atoms with Gasteiger partial charge in [-0.05, 0) is 43.4 Å². The van der Waals surface area contributed by atoms with Crippen molar-refractivity contribution in [2.24, 2.45) is 0 Å². The van der Waals surface area contributed by atoms with Crippen LogP contribution in [0.4, 0.5) is 27.8 Å². The van der Waals surface area contributed by atoms with E-state index in [1.807, 2.05) is 54.6 Å². The summed E-state index contributed by atoms with van der Waals surface area (Å²) in [5.41, 5.74) is 2.54. The highest BCUT2D eigenvalue weighted by atomic mass is 16.2. The number of aromatic nitrogens is 3. The zero-order valence-electron chi connectivity index (χ0n) is 16.3. The number of hydrogen-bond donors (Lipinski definition) is 1. The Morgan fingerprint density at radius 3 is 2.24 bits per heavy atom. The number of nitrogens with one attached hydrogen (secondary N) is 1. The predicted molar refractivity (Wildman–Crippen MR) is 114 cm³/mol. The van der Waals surface area contributed by atoms with Crippen LogP contribution < -0.4 is 15.1 Å². The van der Waals surface area contributed by atoms with Gasteiger partial charge in [-0.25, -0.2) is 24.6 Å². The van der Waals surface area contributed by atoms with Crippen LogP contribution in [0.5, 0.6) is 0 Å². The van der Waals surface area contributed by atoms with E-state index < -0.39 is 0 Å². The van der Waals surface area contributed by atoms with Crippen LogP contribution in [0.2, 0.25) is 0 Å². The molecule has 148 valence electrons. The zero-order valence-corrected chi connectivity index (χ0v) is 16.3. The second-order valence-corrected chi connectivity index (χ2v) is 6.88. The van der Waals surface area contributed by atoms with E-state index in [-0.39, 0.29) is 12.0 Å². The highest BCUT2D eigenvalue weighted by molar-refractivity contribution is 6.05. The molecule has 4 rings (SSSR count). The maximum absolute atomic E-state index is 13.0. The Morgan fingerprint density at radius 2 is 1.59 bits per heavy atom. The summed E-state index contributed by atoms with van der Waals surface area (Å²) in [7, 11) is 2.14. The minimum Gasteiger partial charge on any atom is -0.369 e. The summed E-state index contributed by atoms with van der Waals surface area (Å²) in [4.78, 5) is 31.2. The third-order valence-corrected chi connectivity index (χ3v) is 4.88. The van der Waals surface area contributed by atoms with Crippen LogP contribution in [-0.2, 0) is 0 Å². The van der Waals surface area contributed by atoms with E-state index in [1.165, 1.54) is 17.6 Å². The number of benzene rings is 2. The van der Waals surface area contributed by atoms with Gasteiger partial charge in [0.15, 0.2) is 0 Å². The molecule has 2 amide bonds. The van der Waals surface area contributed by atoms with E-state index in [4.69, 9.17) is 0 Å². The number of carbonyl (C=O) groups excluding carboxylic acids is 1. The Kier molecular flexibility index (Phi) is 5.62. The fourth-order valence-corrected chi connectivity index (χ4v) is 3.25. The molecule has 1 aromatic heterocycles. The number of urea groups is 1. The summed E-state index contributed by atoms with van der Waals surface area (Å²) in [5, 5.41) is 2.94. The lowest BCUT2D eigenvalue weighted by Crippen LogP contribution is -2.44. The van der Waals surface area contributed by atoms with Crippen LogP contribution in [0.25, 0.3) is 0 Å². The molecule has 0 aliphatic carbocycles. The van der Waals surface area contributed by atoms with Gasteiger partial charge in [-0.15, -0.1) is 0 Å². The van der Waals surface area contributed by atoms with Crippen molar-refractivity contribution in [1.29, 1.82) is 0 Å². The van der Waals surface area contributed by atoms with Crippen LogP contribution in [0.1, 0.15) is 0 Å². The summed E-state index contributed by atoms with van der Waals surface area (Å²) in [6.45, 7) is 4.11. The van der Waals surface area contributed by atoms with Gasteiger partial charge in [0, 0.05) is 37.6 Å². The van der Waals surface area contributed by atoms with E-state index in [0.29, 0.717) is 11.4 Å². The lowest BCUT2D eigenvalue weighted by molar-refractivity contribution is 0.258. The smallest absolute Gasteiger partial charge is 0.333 e. The highest BCUT2D eigenvalue weighted by Crippen LogP contribution is 2.24. The van der Waals surface area contributed by atoms with Gasteiger partial charge in [0.25, 0.3) is 0 Å². The summed E-state index contributed by atoms with van der Waals surface area (Å²) >= 11 is 0. The van der Waals surface area contributed by atoms with Crippen molar-refractivity contribution in [2.45, 2.75) is 0 Å². The topological polar surface area (TPSA) is 77.5 Å². The first-order valence-corrected chi connectivity index (χ1v) is 9.52. The third-order valence-electron chi connectivity index (χ3n) is 4.88. The maximum atomic E-state index is 13.0. The monoisotopic (exact) mass is 389 g/mol. The Balaban J connectivity index is 1.50. The quantitative estimate of drug-likeness (QED) is 0.739. The van der Waals surface area contributed by atoms with Gasteiger partial charge in [0.1, 0.15) is 12.7 Å². The van der Waals surface area contributed by atoms with Crippen LogP contribution in [0.3, 0.4) is 0 Å². The molecule has 1 aliphatic heterocycles. The molecule has 0 atom stereocenters. The first-order chi connectivity index (χ1) is 14.2. The fraction of sp³-hybridized carbons (Fsp3) is 0.238. The van der Waals surface area contributed by atoms with Crippen molar-refractivity contribution in [1.82, 2.24) is 19.9 Å². The lowest BCUT2D eigenvalue weighted by Gasteiger charge is -2.34. The Morgan fingerprint density at radius 1 is 0.931 bits per heavy atom. The Hall–Kier alpha value is -3.52. The molecule has 0 radical (unpaired) electrons. The molecule has 1 N–H and O–H groups in total. The minimum atomic E-state index is -0.338. The van der Waals surface area contributed by atoms with Crippen molar-refractivity contribution >= 4 is 29.0 Å². The number of carbonyl (C=O) groups is 1. The third kappa shape index (κ3) is 4.49. The van der Waals surface area contributed by atoms with E-state index in [1.54, 1.807) is 0 Å². The van der Waals surface area contributed by atoms with Crippen LogP contribution in [-0.4, -0.2) is 59.1 Å². The lowest BCUT2D eigenvalue weighted by atomic mass is 10.2. The molecular formula is C21H23N7O.